The molecule has 2 amide bonds. The molecule has 2 aromatic carbocycles. The fourth-order valence-corrected chi connectivity index (χ4v) is 4.26. The Morgan fingerprint density at radius 2 is 1.90 bits per heavy atom. The van der Waals surface area contributed by atoms with E-state index in [4.69, 9.17) is 28.6 Å². The summed E-state index contributed by atoms with van der Waals surface area (Å²) >= 11 is 12.5. The summed E-state index contributed by atoms with van der Waals surface area (Å²) in [5.41, 5.74) is 1.59. The van der Waals surface area contributed by atoms with Gasteiger partial charge in [0.2, 0.25) is 5.91 Å². The standard InChI is InChI=1S/C22H21ClN2O3S2/c1-2-28-18-11-9-17(10-12-18)24-20(26)4-3-13-25-21(27)19(30-22(25)29)14-15-5-7-16(23)8-6-15/h5-12,14H,2-4,13H2,1H3,(H,24,26)/b19-14+. The third-order valence-corrected chi connectivity index (χ3v) is 5.91. The van der Waals surface area contributed by atoms with Crippen molar-refractivity contribution in [2.45, 2.75) is 19.8 Å². The van der Waals surface area contributed by atoms with Gasteiger partial charge in [-0.05, 0) is 61.4 Å². The number of carbonyl (C=O) groups is 2. The molecule has 0 unspecified atom stereocenters. The highest BCUT2D eigenvalue weighted by molar-refractivity contribution is 8.26. The Kier molecular flexibility index (Phi) is 7.90. The van der Waals surface area contributed by atoms with Crippen LogP contribution in [0.5, 0.6) is 5.75 Å². The highest BCUT2D eigenvalue weighted by Crippen LogP contribution is 2.32. The minimum absolute atomic E-state index is 0.110. The molecule has 5 nitrogen and oxygen atoms in total. The number of anilines is 1. The molecule has 1 aliphatic heterocycles. The predicted molar refractivity (Wildman–Crippen MR) is 127 cm³/mol. The molecule has 1 N–H and O–H groups in total. The van der Waals surface area contributed by atoms with Gasteiger partial charge >= 0.3 is 0 Å². The second-order valence-electron chi connectivity index (χ2n) is 6.49. The second-order valence-corrected chi connectivity index (χ2v) is 8.61. The number of rotatable bonds is 8. The minimum Gasteiger partial charge on any atom is -0.494 e. The van der Waals surface area contributed by atoms with Crippen molar-refractivity contribution in [1.82, 2.24) is 4.90 Å². The lowest BCUT2D eigenvalue weighted by atomic mass is 10.2. The molecule has 2 aromatic rings. The maximum Gasteiger partial charge on any atom is 0.266 e. The molecule has 0 aliphatic carbocycles. The van der Waals surface area contributed by atoms with Crippen LogP contribution in [-0.4, -0.2) is 34.2 Å². The zero-order valence-corrected chi connectivity index (χ0v) is 18.8. The molecule has 1 fully saturated rings. The van der Waals surface area contributed by atoms with Crippen molar-refractivity contribution in [3.63, 3.8) is 0 Å². The summed E-state index contributed by atoms with van der Waals surface area (Å²) in [6.07, 6.45) is 2.61. The van der Waals surface area contributed by atoms with Crippen LogP contribution in [0, 0.1) is 0 Å². The molecule has 8 heteroatoms. The summed E-state index contributed by atoms with van der Waals surface area (Å²) in [6, 6.07) is 14.5. The zero-order valence-electron chi connectivity index (χ0n) is 16.4. The molecule has 0 aromatic heterocycles. The zero-order chi connectivity index (χ0) is 21.5. The van der Waals surface area contributed by atoms with Gasteiger partial charge in [-0.25, -0.2) is 0 Å². The van der Waals surface area contributed by atoms with Gasteiger partial charge in [-0.2, -0.15) is 0 Å². The predicted octanol–water partition coefficient (Wildman–Crippen LogP) is 5.36. The smallest absolute Gasteiger partial charge is 0.266 e. The first kappa shape index (κ1) is 22.3. The molecular formula is C22H21ClN2O3S2. The highest BCUT2D eigenvalue weighted by Gasteiger charge is 2.31. The molecule has 3 rings (SSSR count). The Hall–Kier alpha value is -2.35. The second kappa shape index (κ2) is 10.6. The van der Waals surface area contributed by atoms with E-state index in [-0.39, 0.29) is 11.8 Å². The third kappa shape index (κ3) is 6.08. The summed E-state index contributed by atoms with van der Waals surface area (Å²) < 4.78 is 5.89. The molecule has 0 radical (unpaired) electrons. The summed E-state index contributed by atoms with van der Waals surface area (Å²) in [7, 11) is 0. The summed E-state index contributed by atoms with van der Waals surface area (Å²) in [6.45, 7) is 2.92. The number of benzene rings is 2. The highest BCUT2D eigenvalue weighted by atomic mass is 35.5. The number of nitrogens with zero attached hydrogens (tertiary/aromatic N) is 1. The van der Waals surface area contributed by atoms with Crippen LogP contribution in [0.2, 0.25) is 5.02 Å². The van der Waals surface area contributed by atoms with Gasteiger partial charge in [0.15, 0.2) is 0 Å². The monoisotopic (exact) mass is 460 g/mol. The fourth-order valence-electron chi connectivity index (χ4n) is 2.83. The van der Waals surface area contributed by atoms with Crippen LogP contribution in [0.15, 0.2) is 53.4 Å². The van der Waals surface area contributed by atoms with Crippen LogP contribution in [0.4, 0.5) is 5.69 Å². The molecule has 0 spiro atoms. The lowest BCUT2D eigenvalue weighted by molar-refractivity contribution is -0.122. The Labute approximate surface area is 190 Å². The van der Waals surface area contributed by atoms with Gasteiger partial charge in [0.1, 0.15) is 10.1 Å². The number of hydrogen-bond donors (Lipinski definition) is 1. The first-order valence-corrected chi connectivity index (χ1v) is 11.1. The third-order valence-electron chi connectivity index (χ3n) is 4.28. The number of amides is 2. The van der Waals surface area contributed by atoms with Gasteiger partial charge in [0.25, 0.3) is 5.91 Å². The van der Waals surface area contributed by atoms with Crippen molar-refractivity contribution in [2.24, 2.45) is 0 Å². The maximum atomic E-state index is 12.6. The van der Waals surface area contributed by atoms with Crippen molar-refractivity contribution in [1.29, 1.82) is 0 Å². The van der Waals surface area contributed by atoms with Gasteiger partial charge in [-0.1, -0.05) is 47.7 Å². The normalized spacial score (nSPS) is 15.0. The molecule has 0 saturated carbocycles. The molecule has 1 aliphatic rings. The van der Waals surface area contributed by atoms with Crippen LogP contribution >= 0.6 is 35.6 Å². The van der Waals surface area contributed by atoms with E-state index in [1.807, 2.05) is 31.2 Å². The molecule has 0 atom stereocenters. The average molecular weight is 461 g/mol. The number of hydrogen-bond acceptors (Lipinski definition) is 5. The summed E-state index contributed by atoms with van der Waals surface area (Å²) in [5, 5.41) is 3.49. The van der Waals surface area contributed by atoms with Crippen LogP contribution in [-0.2, 0) is 9.59 Å². The number of nitrogens with one attached hydrogen (secondary N) is 1. The lowest BCUT2D eigenvalue weighted by Crippen LogP contribution is -2.29. The van der Waals surface area contributed by atoms with Crippen LogP contribution in [0.25, 0.3) is 6.08 Å². The molecule has 156 valence electrons. The van der Waals surface area contributed by atoms with E-state index in [0.717, 1.165) is 11.3 Å². The quantitative estimate of drug-likeness (QED) is 0.424. The molecule has 1 saturated heterocycles. The molecule has 30 heavy (non-hydrogen) atoms. The number of halogens is 1. The number of ether oxygens (including phenoxy) is 1. The average Bonchev–Trinajstić information content (AvgIpc) is 2.99. The van der Waals surface area contributed by atoms with E-state index in [0.29, 0.717) is 45.9 Å². The maximum absolute atomic E-state index is 12.6. The Bertz CT molecular complexity index is 959. The minimum atomic E-state index is -0.133. The largest absolute Gasteiger partial charge is 0.494 e. The lowest BCUT2D eigenvalue weighted by Gasteiger charge is -2.14. The van der Waals surface area contributed by atoms with Crippen molar-refractivity contribution < 1.29 is 14.3 Å². The molecule has 0 bridgehead atoms. The first-order valence-electron chi connectivity index (χ1n) is 9.50. The molecular weight excluding hydrogens is 440 g/mol. The van der Waals surface area contributed by atoms with Crippen molar-refractivity contribution in [2.75, 3.05) is 18.5 Å². The summed E-state index contributed by atoms with van der Waals surface area (Å²) in [5.74, 6) is 0.518. The van der Waals surface area contributed by atoms with Crippen LogP contribution < -0.4 is 10.1 Å². The fraction of sp³-hybridized carbons (Fsp3) is 0.227. The van der Waals surface area contributed by atoms with Gasteiger partial charge in [-0.15, -0.1) is 0 Å². The number of thioether (sulfide) groups is 1. The van der Waals surface area contributed by atoms with Crippen molar-refractivity contribution >= 4 is 63.5 Å². The SMILES string of the molecule is CCOc1ccc(NC(=O)CCCN2C(=O)/C(=C\c3ccc(Cl)cc3)SC2=S)cc1. The van der Waals surface area contributed by atoms with Gasteiger partial charge in [0.05, 0.1) is 11.5 Å². The Balaban J connectivity index is 1.49. The van der Waals surface area contributed by atoms with Crippen LogP contribution in [0.3, 0.4) is 0 Å². The number of carbonyl (C=O) groups excluding carboxylic acids is 2. The van der Waals surface area contributed by atoms with E-state index in [1.165, 1.54) is 11.8 Å². The summed E-state index contributed by atoms with van der Waals surface area (Å²) in [4.78, 5) is 27.0. The van der Waals surface area contributed by atoms with Gasteiger partial charge < -0.3 is 10.1 Å². The van der Waals surface area contributed by atoms with E-state index >= 15 is 0 Å². The van der Waals surface area contributed by atoms with Gasteiger partial charge in [-0.3, -0.25) is 14.5 Å². The van der Waals surface area contributed by atoms with E-state index < -0.39 is 0 Å². The van der Waals surface area contributed by atoms with Gasteiger partial charge in [0, 0.05) is 23.7 Å². The van der Waals surface area contributed by atoms with E-state index in [9.17, 15) is 9.59 Å². The van der Waals surface area contributed by atoms with E-state index in [1.54, 1.807) is 35.2 Å². The molecule has 1 heterocycles. The Morgan fingerprint density at radius 3 is 2.57 bits per heavy atom. The topological polar surface area (TPSA) is 58.6 Å². The Morgan fingerprint density at radius 1 is 1.20 bits per heavy atom. The first-order chi connectivity index (χ1) is 14.5. The van der Waals surface area contributed by atoms with Crippen molar-refractivity contribution in [3.05, 3.63) is 64.0 Å². The van der Waals surface area contributed by atoms with Crippen LogP contribution in [0.1, 0.15) is 25.3 Å². The van der Waals surface area contributed by atoms with E-state index in [2.05, 4.69) is 5.32 Å². The number of thiocarbonyl (C=S) groups is 1. The van der Waals surface area contributed by atoms with Crippen molar-refractivity contribution in [3.8, 4) is 5.75 Å².